The van der Waals surface area contributed by atoms with E-state index in [-0.39, 0.29) is 0 Å². The van der Waals surface area contributed by atoms with Crippen molar-refractivity contribution < 1.29 is 0 Å². The van der Waals surface area contributed by atoms with Crippen molar-refractivity contribution in [1.29, 1.82) is 0 Å². The number of nitrogens with zero attached hydrogens (tertiary/aromatic N) is 1. The number of pyridine rings is 1. The van der Waals surface area contributed by atoms with Crippen LogP contribution in [0.15, 0.2) is 18.3 Å². The van der Waals surface area contributed by atoms with Gasteiger partial charge in [0.2, 0.25) is 0 Å². The molecule has 4 heteroatoms. The fourth-order valence-electron chi connectivity index (χ4n) is 1.16. The third-order valence-electron chi connectivity index (χ3n) is 2.02. The SMILES string of the molecule is CCSCC(C)NCc1ccc(Cl)nc1. The summed E-state index contributed by atoms with van der Waals surface area (Å²) in [5.41, 5.74) is 1.17. The lowest BCUT2D eigenvalue weighted by Gasteiger charge is -2.12. The van der Waals surface area contributed by atoms with Crippen molar-refractivity contribution in [3.63, 3.8) is 0 Å². The van der Waals surface area contributed by atoms with Gasteiger partial charge in [-0.2, -0.15) is 11.8 Å². The summed E-state index contributed by atoms with van der Waals surface area (Å²) in [5, 5.41) is 4.00. The Labute approximate surface area is 101 Å². The van der Waals surface area contributed by atoms with E-state index in [4.69, 9.17) is 11.6 Å². The molecule has 1 aromatic heterocycles. The molecular formula is C11H17ClN2S. The summed E-state index contributed by atoms with van der Waals surface area (Å²) >= 11 is 7.66. The molecule has 0 spiro atoms. The largest absolute Gasteiger partial charge is 0.309 e. The highest BCUT2D eigenvalue weighted by molar-refractivity contribution is 7.99. The maximum Gasteiger partial charge on any atom is 0.129 e. The van der Waals surface area contributed by atoms with Crippen LogP contribution in [0.3, 0.4) is 0 Å². The molecule has 0 bridgehead atoms. The number of hydrogen-bond acceptors (Lipinski definition) is 3. The van der Waals surface area contributed by atoms with Crippen molar-refractivity contribution in [2.24, 2.45) is 0 Å². The average Bonchev–Trinajstić information content (AvgIpc) is 2.25. The van der Waals surface area contributed by atoms with E-state index >= 15 is 0 Å². The van der Waals surface area contributed by atoms with Gasteiger partial charge in [0.1, 0.15) is 5.15 Å². The Morgan fingerprint density at radius 3 is 2.93 bits per heavy atom. The van der Waals surface area contributed by atoms with E-state index in [9.17, 15) is 0 Å². The van der Waals surface area contributed by atoms with Gasteiger partial charge >= 0.3 is 0 Å². The van der Waals surface area contributed by atoms with E-state index in [0.717, 1.165) is 12.3 Å². The highest BCUT2D eigenvalue weighted by atomic mass is 35.5. The summed E-state index contributed by atoms with van der Waals surface area (Å²) in [7, 11) is 0. The zero-order chi connectivity index (χ0) is 11.1. The molecule has 0 fully saturated rings. The Morgan fingerprint density at radius 2 is 2.33 bits per heavy atom. The molecule has 15 heavy (non-hydrogen) atoms. The summed E-state index contributed by atoms with van der Waals surface area (Å²) < 4.78 is 0. The average molecular weight is 245 g/mol. The minimum Gasteiger partial charge on any atom is -0.309 e. The number of hydrogen-bond donors (Lipinski definition) is 1. The molecule has 0 aliphatic heterocycles. The van der Waals surface area contributed by atoms with Crippen LogP contribution in [-0.4, -0.2) is 22.5 Å². The van der Waals surface area contributed by atoms with Gasteiger partial charge in [-0.1, -0.05) is 24.6 Å². The monoisotopic (exact) mass is 244 g/mol. The Balaban J connectivity index is 2.27. The van der Waals surface area contributed by atoms with Crippen LogP contribution in [0.4, 0.5) is 0 Å². The molecule has 1 N–H and O–H groups in total. The lowest BCUT2D eigenvalue weighted by molar-refractivity contribution is 0.595. The molecule has 0 radical (unpaired) electrons. The molecule has 84 valence electrons. The third kappa shape index (κ3) is 5.40. The van der Waals surface area contributed by atoms with Gasteiger partial charge in [0.05, 0.1) is 0 Å². The Morgan fingerprint density at radius 1 is 1.53 bits per heavy atom. The molecule has 1 heterocycles. The molecule has 0 aromatic carbocycles. The zero-order valence-electron chi connectivity index (χ0n) is 9.16. The first-order chi connectivity index (χ1) is 7.22. The van der Waals surface area contributed by atoms with Crippen molar-refractivity contribution in [2.45, 2.75) is 26.4 Å². The van der Waals surface area contributed by atoms with Crippen LogP contribution >= 0.6 is 23.4 Å². The fourth-order valence-corrected chi connectivity index (χ4v) is 1.98. The van der Waals surface area contributed by atoms with Gasteiger partial charge in [-0.25, -0.2) is 4.98 Å². The van der Waals surface area contributed by atoms with Crippen molar-refractivity contribution in [2.75, 3.05) is 11.5 Å². The summed E-state index contributed by atoms with van der Waals surface area (Å²) in [6, 6.07) is 4.36. The van der Waals surface area contributed by atoms with Crippen molar-refractivity contribution in [3.8, 4) is 0 Å². The summed E-state index contributed by atoms with van der Waals surface area (Å²) in [5.74, 6) is 2.33. The molecule has 0 saturated carbocycles. The Kier molecular flexibility index (Phi) is 6.06. The second kappa shape index (κ2) is 7.09. The second-order valence-corrected chi connectivity index (χ2v) is 5.14. The third-order valence-corrected chi connectivity index (χ3v) is 3.38. The van der Waals surface area contributed by atoms with Gasteiger partial charge in [0.25, 0.3) is 0 Å². The van der Waals surface area contributed by atoms with Gasteiger partial charge in [-0.05, 0) is 24.3 Å². The van der Waals surface area contributed by atoms with Crippen LogP contribution in [0.25, 0.3) is 0 Å². The smallest absolute Gasteiger partial charge is 0.129 e. The fraction of sp³-hybridized carbons (Fsp3) is 0.545. The van der Waals surface area contributed by atoms with E-state index in [1.807, 2.05) is 30.1 Å². The number of halogens is 1. The molecule has 0 aliphatic carbocycles. The maximum atomic E-state index is 5.71. The molecule has 1 aromatic rings. The van der Waals surface area contributed by atoms with Gasteiger partial charge in [0, 0.05) is 24.5 Å². The first kappa shape index (κ1) is 12.8. The molecule has 0 saturated heterocycles. The predicted octanol–water partition coefficient (Wildman–Crippen LogP) is 2.97. The lowest BCUT2D eigenvalue weighted by atomic mass is 10.2. The summed E-state index contributed by atoms with van der Waals surface area (Å²) in [6.45, 7) is 5.24. The van der Waals surface area contributed by atoms with E-state index in [1.165, 1.54) is 11.3 Å². The van der Waals surface area contributed by atoms with Gasteiger partial charge in [0.15, 0.2) is 0 Å². The summed E-state index contributed by atoms with van der Waals surface area (Å²) in [6.07, 6.45) is 1.81. The van der Waals surface area contributed by atoms with Crippen LogP contribution in [0, 0.1) is 0 Å². The predicted molar refractivity (Wildman–Crippen MR) is 68.5 cm³/mol. The standard InChI is InChI=1S/C11H17ClN2S/c1-3-15-8-9(2)13-6-10-4-5-11(12)14-7-10/h4-5,7,9,13H,3,6,8H2,1-2H3. The molecular weight excluding hydrogens is 228 g/mol. The zero-order valence-corrected chi connectivity index (χ0v) is 10.7. The molecule has 0 amide bonds. The van der Waals surface area contributed by atoms with Gasteiger partial charge in [-0.3, -0.25) is 0 Å². The first-order valence-electron chi connectivity index (χ1n) is 5.14. The topological polar surface area (TPSA) is 24.9 Å². The van der Waals surface area contributed by atoms with Gasteiger partial charge < -0.3 is 5.32 Å². The van der Waals surface area contributed by atoms with Gasteiger partial charge in [-0.15, -0.1) is 0 Å². The molecule has 2 nitrogen and oxygen atoms in total. The molecule has 1 atom stereocenters. The number of thioether (sulfide) groups is 1. The van der Waals surface area contributed by atoms with Crippen LogP contribution in [-0.2, 0) is 6.54 Å². The molecule has 1 rings (SSSR count). The number of rotatable bonds is 6. The Hall–Kier alpha value is -0.250. The van der Waals surface area contributed by atoms with Crippen LogP contribution in [0.1, 0.15) is 19.4 Å². The second-order valence-electron chi connectivity index (χ2n) is 3.43. The first-order valence-corrected chi connectivity index (χ1v) is 6.67. The molecule has 1 unspecified atom stereocenters. The number of nitrogens with one attached hydrogen (secondary N) is 1. The highest BCUT2D eigenvalue weighted by Gasteiger charge is 2.01. The molecule has 0 aliphatic rings. The highest BCUT2D eigenvalue weighted by Crippen LogP contribution is 2.06. The lowest BCUT2D eigenvalue weighted by Crippen LogP contribution is -2.27. The van der Waals surface area contributed by atoms with Crippen molar-refractivity contribution in [1.82, 2.24) is 10.3 Å². The van der Waals surface area contributed by atoms with E-state index in [1.54, 1.807) is 0 Å². The van der Waals surface area contributed by atoms with Crippen LogP contribution in [0.2, 0.25) is 5.15 Å². The van der Waals surface area contributed by atoms with Crippen molar-refractivity contribution in [3.05, 3.63) is 29.0 Å². The minimum atomic E-state index is 0.533. The minimum absolute atomic E-state index is 0.533. The Bertz CT molecular complexity index is 276. The van der Waals surface area contributed by atoms with Crippen LogP contribution in [0.5, 0.6) is 0 Å². The summed E-state index contributed by atoms with van der Waals surface area (Å²) in [4.78, 5) is 4.04. The van der Waals surface area contributed by atoms with Crippen molar-refractivity contribution >= 4 is 23.4 Å². The quantitative estimate of drug-likeness (QED) is 0.779. The van der Waals surface area contributed by atoms with E-state index in [0.29, 0.717) is 11.2 Å². The number of aromatic nitrogens is 1. The van der Waals surface area contributed by atoms with E-state index in [2.05, 4.69) is 24.1 Å². The maximum absolute atomic E-state index is 5.71. The van der Waals surface area contributed by atoms with Crippen LogP contribution < -0.4 is 5.32 Å². The van der Waals surface area contributed by atoms with E-state index < -0.39 is 0 Å². The normalized spacial score (nSPS) is 12.7.